The van der Waals surface area contributed by atoms with E-state index in [2.05, 4.69) is 29.9 Å². The van der Waals surface area contributed by atoms with E-state index in [1.165, 1.54) is 24.0 Å². The largest absolute Gasteiger partial charge is 0.493 e. The molecule has 0 bridgehead atoms. The van der Waals surface area contributed by atoms with Gasteiger partial charge in [-0.05, 0) is 105 Å². The molecule has 0 radical (unpaired) electrons. The number of unbranched alkanes of at least 4 members (excludes halogenated alkanes) is 3. The monoisotopic (exact) mass is 671 g/mol. The van der Waals surface area contributed by atoms with Crippen molar-refractivity contribution in [3.8, 4) is 5.75 Å². The number of fused-ring (bicyclic) bond motifs is 5. The molecule has 0 heterocycles. The summed E-state index contributed by atoms with van der Waals surface area (Å²) < 4.78 is 102. The molecule has 252 valence electrons. The molecule has 0 N–H and O–H groups in total. The Morgan fingerprint density at radius 1 is 0.909 bits per heavy atom. The smallest absolute Gasteiger partial charge is 0.426 e. The van der Waals surface area contributed by atoms with E-state index in [-0.39, 0.29) is 31.5 Å². The first-order chi connectivity index (χ1) is 21.3. The number of hydrogen-bond acceptors (Lipinski definition) is 5. The van der Waals surface area contributed by atoms with E-state index < -0.39 is 24.6 Å². The van der Waals surface area contributed by atoms with Crippen LogP contribution in [-0.4, -0.2) is 55.4 Å². The highest BCUT2D eigenvalue weighted by atomic mass is 33.1. The predicted octanol–water partition coefficient (Wildman–Crippen LogP) is 10.6. The van der Waals surface area contributed by atoms with Gasteiger partial charge in [-0.25, -0.2) is 0 Å². The van der Waals surface area contributed by atoms with E-state index in [1.807, 2.05) is 21.6 Å². The third-order valence-electron chi connectivity index (χ3n) is 10.2. The van der Waals surface area contributed by atoms with E-state index >= 15 is 0 Å². The van der Waals surface area contributed by atoms with Gasteiger partial charge in [-0.15, -0.1) is 0 Å². The number of alkyl halides is 6. The van der Waals surface area contributed by atoms with Crippen LogP contribution in [0, 0.1) is 17.3 Å². The fraction of sp³-hybridized carbons (Fsp3) is 0.818. The second kappa shape index (κ2) is 15.4. The molecule has 3 aliphatic carbocycles. The predicted molar refractivity (Wildman–Crippen MR) is 166 cm³/mol. The lowest BCUT2D eigenvalue weighted by molar-refractivity contribution is -0.374. The molecule has 11 heteroatoms. The van der Waals surface area contributed by atoms with Gasteiger partial charge in [0.15, 0.2) is 0 Å². The molecule has 1 aromatic rings. The van der Waals surface area contributed by atoms with Gasteiger partial charge in [0.1, 0.15) is 5.75 Å². The Hall–Kier alpha value is -0.780. The Kier molecular flexibility index (Phi) is 12.1. The Morgan fingerprint density at radius 2 is 1.68 bits per heavy atom. The SMILES string of the molecule is [2H]CCCCCCSSCCOc1ccc2c(c1)CCC1C2CCC2(C)C(OCCCOC(C)(C(F)(F)F)C(F)(F)F)CCC12. The molecule has 0 amide bonds. The first-order valence-electron chi connectivity index (χ1n) is 16.7. The van der Waals surface area contributed by atoms with Crippen LogP contribution < -0.4 is 4.74 Å². The number of rotatable bonds is 16. The molecule has 2 fully saturated rings. The highest BCUT2D eigenvalue weighted by molar-refractivity contribution is 8.76. The van der Waals surface area contributed by atoms with Crippen molar-refractivity contribution in [2.45, 2.75) is 121 Å². The lowest BCUT2D eigenvalue weighted by Gasteiger charge is -2.50. The average Bonchev–Trinajstić information content (AvgIpc) is 3.32. The number of benzene rings is 1. The first-order valence-corrected chi connectivity index (χ1v) is 18.5. The molecule has 4 rings (SSSR count). The lowest BCUT2D eigenvalue weighted by atomic mass is 9.55. The van der Waals surface area contributed by atoms with Crippen LogP contribution >= 0.6 is 21.6 Å². The van der Waals surface area contributed by atoms with Gasteiger partial charge in [0.2, 0.25) is 0 Å². The van der Waals surface area contributed by atoms with E-state index in [0.29, 0.717) is 31.3 Å². The minimum absolute atomic E-state index is 0.0335. The van der Waals surface area contributed by atoms with Crippen LogP contribution in [0.1, 0.15) is 103 Å². The Balaban J connectivity index is 1.21. The topological polar surface area (TPSA) is 27.7 Å². The molecular formula is C33H48F6O3S2. The summed E-state index contributed by atoms with van der Waals surface area (Å²) in [5.74, 6) is 4.52. The normalized spacial score (nSPS) is 27.4. The molecule has 1 aromatic carbocycles. The fourth-order valence-corrected chi connectivity index (χ4v) is 9.56. The molecular weight excluding hydrogens is 622 g/mol. The molecule has 0 aromatic heterocycles. The summed E-state index contributed by atoms with van der Waals surface area (Å²) in [5, 5.41) is 0. The average molecular weight is 672 g/mol. The highest BCUT2D eigenvalue weighted by Gasteiger charge is 2.69. The van der Waals surface area contributed by atoms with Crippen LogP contribution in [0.3, 0.4) is 0 Å². The third-order valence-corrected chi connectivity index (χ3v) is 12.6. The summed E-state index contributed by atoms with van der Waals surface area (Å²) in [6.45, 7) is 2.90. The molecule has 0 saturated heterocycles. The van der Waals surface area contributed by atoms with Gasteiger partial charge in [0.25, 0.3) is 5.60 Å². The zero-order chi connectivity index (χ0) is 32.7. The van der Waals surface area contributed by atoms with E-state index in [1.54, 1.807) is 0 Å². The van der Waals surface area contributed by atoms with Gasteiger partial charge in [0, 0.05) is 19.5 Å². The first kappa shape index (κ1) is 34.6. The van der Waals surface area contributed by atoms with Crippen molar-refractivity contribution in [3.63, 3.8) is 0 Å². The van der Waals surface area contributed by atoms with Crippen LogP contribution in [0.4, 0.5) is 26.3 Å². The minimum atomic E-state index is -5.55. The summed E-state index contributed by atoms with van der Waals surface area (Å²) in [6, 6.07) is 6.57. The van der Waals surface area contributed by atoms with Gasteiger partial charge in [-0.1, -0.05) is 60.7 Å². The highest BCUT2D eigenvalue weighted by Crippen LogP contribution is 2.61. The van der Waals surface area contributed by atoms with Gasteiger partial charge in [0.05, 0.1) is 19.3 Å². The van der Waals surface area contributed by atoms with E-state index in [9.17, 15) is 26.3 Å². The molecule has 0 spiro atoms. The number of ether oxygens (including phenoxy) is 3. The van der Waals surface area contributed by atoms with Crippen LogP contribution in [0.5, 0.6) is 5.75 Å². The summed E-state index contributed by atoms with van der Waals surface area (Å²) in [7, 11) is 3.75. The van der Waals surface area contributed by atoms with Crippen LogP contribution in [0.15, 0.2) is 18.2 Å². The van der Waals surface area contributed by atoms with Crippen molar-refractivity contribution in [2.24, 2.45) is 17.3 Å². The number of aryl methyl sites for hydroxylation is 1. The van der Waals surface area contributed by atoms with Crippen molar-refractivity contribution < 1.29 is 41.9 Å². The van der Waals surface area contributed by atoms with Gasteiger partial charge < -0.3 is 14.2 Å². The maximum atomic E-state index is 13.1. The second-order valence-electron chi connectivity index (χ2n) is 12.9. The molecule has 3 aliphatic rings. The van der Waals surface area contributed by atoms with Crippen LogP contribution in [0.25, 0.3) is 0 Å². The van der Waals surface area contributed by atoms with Crippen LogP contribution in [0.2, 0.25) is 0 Å². The van der Waals surface area contributed by atoms with Crippen molar-refractivity contribution in [1.29, 1.82) is 0 Å². The molecule has 44 heavy (non-hydrogen) atoms. The molecule has 2 saturated carbocycles. The zero-order valence-corrected chi connectivity index (χ0v) is 27.5. The maximum absolute atomic E-state index is 13.1. The van der Waals surface area contributed by atoms with Gasteiger partial charge >= 0.3 is 12.4 Å². The minimum Gasteiger partial charge on any atom is -0.493 e. The standard InChI is InChI=1S/C33H48F6O3S2/c1-4-5-6-7-20-43-44-21-19-40-24-10-12-25-23(22-24)9-11-27-26(25)15-16-30(2)28(27)13-14-29(30)41-17-8-18-42-31(3,32(34,35)36)33(37,38)39/h10,12,22,26-29H,4-9,11,13-21H2,1-3H3/i1D. The van der Waals surface area contributed by atoms with Gasteiger partial charge in [-0.3, -0.25) is 0 Å². The fourth-order valence-electron chi connectivity index (χ4n) is 7.59. The maximum Gasteiger partial charge on any atom is 0.426 e. The second-order valence-corrected chi connectivity index (χ2v) is 15.6. The Bertz CT molecular complexity index is 1060. The Labute approximate surface area is 268 Å². The number of halogens is 6. The van der Waals surface area contributed by atoms with Crippen LogP contribution in [-0.2, 0) is 15.9 Å². The molecule has 5 atom stereocenters. The molecule has 3 nitrogen and oxygen atoms in total. The van der Waals surface area contributed by atoms with E-state index in [4.69, 9.17) is 10.8 Å². The van der Waals surface area contributed by atoms with E-state index in [0.717, 1.165) is 68.6 Å². The van der Waals surface area contributed by atoms with Gasteiger partial charge in [-0.2, -0.15) is 26.3 Å². The number of hydrogen-bond donors (Lipinski definition) is 0. The molecule has 5 unspecified atom stereocenters. The summed E-state index contributed by atoms with van der Waals surface area (Å²) in [6.07, 6.45) is -0.608. The van der Waals surface area contributed by atoms with Crippen molar-refractivity contribution in [2.75, 3.05) is 31.3 Å². The van der Waals surface area contributed by atoms with Crippen molar-refractivity contribution in [3.05, 3.63) is 29.3 Å². The zero-order valence-electron chi connectivity index (χ0n) is 26.9. The van der Waals surface area contributed by atoms with Crippen molar-refractivity contribution in [1.82, 2.24) is 0 Å². The summed E-state index contributed by atoms with van der Waals surface area (Å²) in [4.78, 5) is 0. The Morgan fingerprint density at radius 3 is 2.43 bits per heavy atom. The van der Waals surface area contributed by atoms with Crippen molar-refractivity contribution >= 4 is 21.6 Å². The quantitative estimate of drug-likeness (QED) is 0.0991. The lowest BCUT2D eigenvalue weighted by Crippen LogP contribution is -2.56. The summed E-state index contributed by atoms with van der Waals surface area (Å²) in [5.41, 5.74) is -1.43. The summed E-state index contributed by atoms with van der Waals surface area (Å²) >= 11 is 0. The molecule has 0 aliphatic heterocycles. The third kappa shape index (κ3) is 8.19.